The van der Waals surface area contributed by atoms with Crippen molar-refractivity contribution in [1.82, 2.24) is 9.80 Å². The Bertz CT molecular complexity index is 1100. The number of ether oxygens (including phenoxy) is 2. The van der Waals surface area contributed by atoms with Gasteiger partial charge in [-0.3, -0.25) is 9.59 Å². The second kappa shape index (κ2) is 11.1. The Balaban J connectivity index is 2.19. The van der Waals surface area contributed by atoms with Gasteiger partial charge in [0.2, 0.25) is 0 Å². The summed E-state index contributed by atoms with van der Waals surface area (Å²) in [6, 6.07) is 9.05. The molecule has 0 aromatic heterocycles. The highest BCUT2D eigenvalue weighted by Gasteiger charge is 2.46. The zero-order valence-corrected chi connectivity index (χ0v) is 21.1. The third-order valence-electron chi connectivity index (χ3n) is 6.01. The predicted octanol–water partition coefficient (Wildman–Crippen LogP) is 4.77. The van der Waals surface area contributed by atoms with Gasteiger partial charge in [0.05, 0.1) is 36.4 Å². The van der Waals surface area contributed by atoms with Gasteiger partial charge in [-0.1, -0.05) is 49.2 Å². The highest BCUT2D eigenvalue weighted by atomic mass is 35.5. The van der Waals surface area contributed by atoms with Crippen molar-refractivity contribution in [3.05, 3.63) is 63.1 Å². The number of carbonyl (C=O) groups excluding carboxylic acids is 2. The second-order valence-electron chi connectivity index (χ2n) is 7.76. The quantitative estimate of drug-likeness (QED) is 0.299. The van der Waals surface area contributed by atoms with Gasteiger partial charge < -0.3 is 24.4 Å². The average molecular weight is 507 g/mol. The number of likely N-dealkylation sites (N-methyl/N-ethyl adjacent to an activating group) is 1. The van der Waals surface area contributed by atoms with Crippen LogP contribution in [0.25, 0.3) is 5.76 Å². The van der Waals surface area contributed by atoms with Crippen molar-refractivity contribution in [3.8, 4) is 11.5 Å². The van der Waals surface area contributed by atoms with E-state index in [0.29, 0.717) is 29.4 Å². The first-order valence-electron chi connectivity index (χ1n) is 10.9. The lowest BCUT2D eigenvalue weighted by Gasteiger charge is -2.28. The summed E-state index contributed by atoms with van der Waals surface area (Å²) in [5.41, 5.74) is 0.823. The second-order valence-corrected chi connectivity index (χ2v) is 8.60. The van der Waals surface area contributed by atoms with Crippen molar-refractivity contribution in [3.63, 3.8) is 0 Å². The Labute approximate surface area is 209 Å². The lowest BCUT2D eigenvalue weighted by molar-refractivity contribution is -0.140. The molecule has 2 aromatic rings. The number of benzene rings is 2. The van der Waals surface area contributed by atoms with Crippen LogP contribution in [-0.2, 0) is 9.59 Å². The maximum atomic E-state index is 13.2. The molecule has 1 saturated heterocycles. The van der Waals surface area contributed by atoms with Gasteiger partial charge in [0.25, 0.3) is 11.7 Å². The zero-order valence-electron chi connectivity index (χ0n) is 19.6. The van der Waals surface area contributed by atoms with Gasteiger partial charge in [-0.25, -0.2) is 0 Å². The fourth-order valence-corrected chi connectivity index (χ4v) is 4.44. The zero-order chi connectivity index (χ0) is 25.0. The number of likely N-dealkylation sites (tertiary alicyclic amines) is 1. The molecule has 182 valence electrons. The minimum atomic E-state index is -0.792. The van der Waals surface area contributed by atoms with Crippen LogP contribution in [0.15, 0.2) is 42.0 Å². The number of hydrogen-bond acceptors (Lipinski definition) is 6. The maximum Gasteiger partial charge on any atom is 0.295 e. The maximum absolute atomic E-state index is 13.2. The van der Waals surface area contributed by atoms with Crippen molar-refractivity contribution >= 4 is 40.7 Å². The van der Waals surface area contributed by atoms with Crippen LogP contribution in [0.2, 0.25) is 10.0 Å². The van der Waals surface area contributed by atoms with Gasteiger partial charge in [-0.05, 0) is 36.9 Å². The summed E-state index contributed by atoms with van der Waals surface area (Å²) in [6.07, 6.45) is 0. The number of carbonyl (C=O) groups is 2. The number of aliphatic hydroxyl groups is 1. The SMILES string of the molecule is CCN(CC)CCN1C(=O)C(=O)/C(=C(/O)c2cc(OC)c(Cl)cc2OC)C1c1ccc(Cl)cc1. The molecule has 3 rings (SSSR count). The van der Waals surface area contributed by atoms with Crippen LogP contribution in [0.3, 0.4) is 0 Å². The normalized spacial score (nSPS) is 17.5. The highest BCUT2D eigenvalue weighted by molar-refractivity contribution is 6.46. The minimum absolute atomic E-state index is 0.0328. The van der Waals surface area contributed by atoms with Gasteiger partial charge in [0.1, 0.15) is 17.3 Å². The molecule has 0 spiro atoms. The van der Waals surface area contributed by atoms with Crippen molar-refractivity contribution in [1.29, 1.82) is 0 Å². The van der Waals surface area contributed by atoms with Crippen molar-refractivity contribution in [2.24, 2.45) is 0 Å². The Morgan fingerprint density at radius 3 is 2.21 bits per heavy atom. The van der Waals surface area contributed by atoms with E-state index < -0.39 is 17.7 Å². The Morgan fingerprint density at radius 2 is 1.65 bits per heavy atom. The average Bonchev–Trinajstić information content (AvgIpc) is 3.09. The Kier molecular flexibility index (Phi) is 8.47. The largest absolute Gasteiger partial charge is 0.507 e. The first kappa shape index (κ1) is 25.9. The monoisotopic (exact) mass is 506 g/mol. The van der Waals surface area contributed by atoms with Gasteiger partial charge in [0.15, 0.2) is 0 Å². The van der Waals surface area contributed by atoms with E-state index in [1.165, 1.54) is 31.3 Å². The van der Waals surface area contributed by atoms with E-state index in [-0.39, 0.29) is 27.7 Å². The van der Waals surface area contributed by atoms with E-state index >= 15 is 0 Å². The fourth-order valence-electron chi connectivity index (χ4n) is 4.08. The Hall–Kier alpha value is -2.74. The molecule has 1 fully saturated rings. The van der Waals surface area contributed by atoms with Crippen molar-refractivity contribution < 1.29 is 24.2 Å². The third-order valence-corrected chi connectivity index (χ3v) is 6.55. The fraction of sp³-hybridized carbons (Fsp3) is 0.360. The van der Waals surface area contributed by atoms with E-state index in [9.17, 15) is 14.7 Å². The van der Waals surface area contributed by atoms with Crippen molar-refractivity contribution in [2.75, 3.05) is 40.4 Å². The molecule has 0 radical (unpaired) electrons. The number of methoxy groups -OCH3 is 2. The number of halogens is 2. The highest BCUT2D eigenvalue weighted by Crippen LogP contribution is 2.43. The molecule has 1 aliphatic heterocycles. The summed E-state index contributed by atoms with van der Waals surface area (Å²) in [5, 5.41) is 12.2. The van der Waals surface area contributed by atoms with Gasteiger partial charge in [-0.2, -0.15) is 0 Å². The minimum Gasteiger partial charge on any atom is -0.507 e. The number of amides is 1. The molecule has 34 heavy (non-hydrogen) atoms. The molecule has 2 aromatic carbocycles. The molecular formula is C25H28Cl2N2O5. The van der Waals surface area contributed by atoms with Gasteiger partial charge >= 0.3 is 0 Å². The summed E-state index contributed by atoms with van der Waals surface area (Å²) in [5.74, 6) is -1.27. The summed E-state index contributed by atoms with van der Waals surface area (Å²) in [4.78, 5) is 30.0. The molecule has 1 unspecified atom stereocenters. The van der Waals surface area contributed by atoms with Crippen LogP contribution in [0, 0.1) is 0 Å². The number of Topliss-reactive ketones (excluding diaryl/α,β-unsaturated/α-hetero) is 1. The topological polar surface area (TPSA) is 79.3 Å². The number of hydrogen-bond donors (Lipinski definition) is 1. The number of nitrogens with zero attached hydrogens (tertiary/aromatic N) is 2. The summed E-state index contributed by atoms with van der Waals surface area (Å²) >= 11 is 12.3. The third kappa shape index (κ3) is 5.02. The molecule has 9 heteroatoms. The lowest BCUT2D eigenvalue weighted by Crippen LogP contribution is -2.38. The first-order chi connectivity index (χ1) is 16.3. The number of rotatable bonds is 9. The molecule has 1 N–H and O–H groups in total. The van der Waals surface area contributed by atoms with E-state index in [4.69, 9.17) is 32.7 Å². The molecule has 0 saturated carbocycles. The number of aliphatic hydroxyl groups excluding tert-OH is 1. The molecule has 0 bridgehead atoms. The summed E-state index contributed by atoms with van der Waals surface area (Å²) < 4.78 is 10.7. The van der Waals surface area contributed by atoms with Crippen LogP contribution in [0.4, 0.5) is 0 Å². The van der Waals surface area contributed by atoms with Crippen LogP contribution in [0.1, 0.15) is 31.0 Å². The van der Waals surface area contributed by atoms with Crippen LogP contribution >= 0.6 is 23.2 Å². The molecule has 1 atom stereocenters. The van der Waals surface area contributed by atoms with Crippen molar-refractivity contribution in [2.45, 2.75) is 19.9 Å². The summed E-state index contributed by atoms with van der Waals surface area (Å²) in [6.45, 7) is 6.60. The molecule has 1 aliphatic rings. The standard InChI is InChI=1S/C25H28Cl2N2O5/c1-5-28(6-2)11-12-29-22(15-7-9-16(26)10-8-15)21(24(31)25(29)32)23(30)17-13-20(34-4)18(27)14-19(17)33-3/h7-10,13-14,22,30H,5-6,11-12H2,1-4H3/b23-21+. The smallest absolute Gasteiger partial charge is 0.295 e. The molecule has 7 nitrogen and oxygen atoms in total. The van der Waals surface area contributed by atoms with Crippen LogP contribution in [0.5, 0.6) is 11.5 Å². The number of ketones is 1. The van der Waals surface area contributed by atoms with Crippen LogP contribution < -0.4 is 9.47 Å². The summed E-state index contributed by atoms with van der Waals surface area (Å²) in [7, 11) is 2.87. The van der Waals surface area contributed by atoms with E-state index in [1.807, 2.05) is 13.8 Å². The molecule has 0 aliphatic carbocycles. The van der Waals surface area contributed by atoms with Crippen LogP contribution in [-0.4, -0.2) is 67.0 Å². The first-order valence-corrected chi connectivity index (χ1v) is 11.7. The molecule has 1 heterocycles. The van der Waals surface area contributed by atoms with E-state index in [0.717, 1.165) is 13.1 Å². The van der Waals surface area contributed by atoms with E-state index in [2.05, 4.69) is 4.90 Å². The van der Waals surface area contributed by atoms with E-state index in [1.54, 1.807) is 24.3 Å². The Morgan fingerprint density at radius 1 is 1.03 bits per heavy atom. The van der Waals surface area contributed by atoms with Gasteiger partial charge in [-0.15, -0.1) is 0 Å². The lowest BCUT2D eigenvalue weighted by atomic mass is 9.95. The molecule has 1 amide bonds. The van der Waals surface area contributed by atoms with Gasteiger partial charge in [0, 0.05) is 24.2 Å². The predicted molar refractivity (Wildman–Crippen MR) is 133 cm³/mol. The molecular weight excluding hydrogens is 479 g/mol.